The molecule has 0 fully saturated rings. The molecule has 1 atom stereocenters. The van der Waals surface area contributed by atoms with Crippen molar-refractivity contribution in [3.63, 3.8) is 0 Å². The third-order valence-corrected chi connectivity index (χ3v) is 2.19. The molecule has 0 aromatic heterocycles. The summed E-state index contributed by atoms with van der Waals surface area (Å²) in [6, 6.07) is 3.82. The van der Waals surface area contributed by atoms with Gasteiger partial charge in [0.05, 0.1) is 4.92 Å². The average molecular weight is 259 g/mol. The summed E-state index contributed by atoms with van der Waals surface area (Å²) >= 11 is 0. The Labute approximate surface area is 106 Å². The summed E-state index contributed by atoms with van der Waals surface area (Å²) in [5, 5.41) is 19.9. The lowest BCUT2D eigenvalue weighted by Crippen LogP contribution is -2.10. The van der Waals surface area contributed by atoms with E-state index in [0.29, 0.717) is 12.0 Å². The number of phenolic OH excluding ortho intramolecular Hbond substituents is 1. The van der Waals surface area contributed by atoms with Crippen molar-refractivity contribution in [1.82, 2.24) is 0 Å². The number of hydrogen-bond acceptors (Lipinski definition) is 4. The van der Waals surface area contributed by atoms with Crippen LogP contribution in [0.5, 0.6) is 5.75 Å². The second-order valence-electron chi connectivity index (χ2n) is 3.77. The zero-order chi connectivity index (χ0) is 12.3. The minimum Gasteiger partial charge on any atom is -0.502 e. The molecular formula is C11H15ClN2O3. The summed E-state index contributed by atoms with van der Waals surface area (Å²) in [4.78, 5) is 9.97. The van der Waals surface area contributed by atoms with Crippen LogP contribution in [0.1, 0.15) is 24.9 Å². The van der Waals surface area contributed by atoms with Gasteiger partial charge < -0.3 is 10.8 Å². The summed E-state index contributed by atoms with van der Waals surface area (Å²) < 4.78 is 0. The lowest BCUT2D eigenvalue weighted by molar-refractivity contribution is -0.385. The van der Waals surface area contributed by atoms with Crippen molar-refractivity contribution in [1.29, 1.82) is 0 Å². The van der Waals surface area contributed by atoms with Crippen LogP contribution in [-0.4, -0.2) is 10.0 Å². The zero-order valence-electron chi connectivity index (χ0n) is 9.42. The quantitative estimate of drug-likeness (QED) is 0.494. The van der Waals surface area contributed by atoms with E-state index in [2.05, 4.69) is 6.58 Å². The zero-order valence-corrected chi connectivity index (χ0v) is 10.2. The number of rotatable bonds is 4. The number of hydrogen-bond donors (Lipinski definition) is 2. The van der Waals surface area contributed by atoms with Crippen LogP contribution in [0.15, 0.2) is 30.4 Å². The third-order valence-electron chi connectivity index (χ3n) is 2.19. The molecule has 94 valence electrons. The van der Waals surface area contributed by atoms with Gasteiger partial charge in [-0.15, -0.1) is 19.0 Å². The second-order valence-corrected chi connectivity index (χ2v) is 3.77. The fourth-order valence-electron chi connectivity index (χ4n) is 1.41. The maximum atomic E-state index is 10.6. The molecule has 5 nitrogen and oxygen atoms in total. The van der Waals surface area contributed by atoms with Gasteiger partial charge >= 0.3 is 5.69 Å². The Kier molecular flexibility index (Phi) is 5.64. The van der Waals surface area contributed by atoms with Crippen LogP contribution in [0.25, 0.3) is 0 Å². The highest BCUT2D eigenvalue weighted by Gasteiger charge is 2.16. The molecule has 1 aromatic rings. The van der Waals surface area contributed by atoms with E-state index >= 15 is 0 Å². The molecule has 6 heteroatoms. The molecule has 0 aliphatic rings. The number of nitrogens with two attached hydrogens (primary N) is 1. The Bertz CT molecular complexity index is 435. The first-order valence-electron chi connectivity index (χ1n) is 4.79. The standard InChI is InChI=1S/C11H14N2O3.ClH/c1-7(2)5-9(12)8-3-4-11(14)10(6-8)13(15)16;/h3-4,6,9,14H,1,5,12H2,2H3;1H/t9-;/m1./s1. The largest absolute Gasteiger partial charge is 0.502 e. The number of halogens is 1. The van der Waals surface area contributed by atoms with Crippen molar-refractivity contribution in [3.05, 3.63) is 46.0 Å². The number of nitrogens with zero attached hydrogens (tertiary/aromatic N) is 1. The molecule has 3 N–H and O–H groups in total. The first-order valence-corrected chi connectivity index (χ1v) is 4.79. The molecule has 17 heavy (non-hydrogen) atoms. The van der Waals surface area contributed by atoms with Crippen LogP contribution < -0.4 is 5.73 Å². The average Bonchev–Trinajstić information content (AvgIpc) is 2.16. The predicted octanol–water partition coefficient (Wildman–Crippen LogP) is 2.69. The van der Waals surface area contributed by atoms with Gasteiger partial charge in [0.1, 0.15) is 0 Å². The molecule has 1 aromatic carbocycles. The number of aromatic hydroxyl groups is 1. The van der Waals surface area contributed by atoms with Crippen molar-refractivity contribution in [2.24, 2.45) is 5.73 Å². The predicted molar refractivity (Wildman–Crippen MR) is 68.4 cm³/mol. The van der Waals surface area contributed by atoms with Gasteiger partial charge in [0.2, 0.25) is 0 Å². The monoisotopic (exact) mass is 258 g/mol. The smallest absolute Gasteiger partial charge is 0.311 e. The van der Waals surface area contributed by atoms with E-state index in [1.54, 1.807) is 6.07 Å². The highest BCUT2D eigenvalue weighted by atomic mass is 35.5. The van der Waals surface area contributed by atoms with Crippen LogP contribution in [0.4, 0.5) is 5.69 Å². The minimum absolute atomic E-state index is 0. The van der Waals surface area contributed by atoms with Gasteiger partial charge in [0.25, 0.3) is 0 Å². The Morgan fingerprint density at radius 1 is 1.65 bits per heavy atom. The van der Waals surface area contributed by atoms with Gasteiger partial charge in [-0.3, -0.25) is 10.1 Å². The molecule has 0 aliphatic carbocycles. The van der Waals surface area contributed by atoms with Crippen LogP contribution in [0.3, 0.4) is 0 Å². The van der Waals surface area contributed by atoms with Crippen LogP contribution in [0, 0.1) is 10.1 Å². The van der Waals surface area contributed by atoms with E-state index in [1.165, 1.54) is 12.1 Å². The third kappa shape index (κ3) is 4.05. The molecule has 0 radical (unpaired) electrons. The van der Waals surface area contributed by atoms with Crippen LogP contribution >= 0.6 is 12.4 Å². The normalized spacial score (nSPS) is 11.4. The van der Waals surface area contributed by atoms with Crippen molar-refractivity contribution >= 4 is 18.1 Å². The molecule has 0 spiro atoms. The van der Waals surface area contributed by atoms with E-state index in [4.69, 9.17) is 5.73 Å². The topological polar surface area (TPSA) is 89.4 Å². The maximum Gasteiger partial charge on any atom is 0.311 e. The molecule has 0 saturated carbocycles. The van der Waals surface area contributed by atoms with Crippen molar-refractivity contribution in [2.75, 3.05) is 0 Å². The van der Waals surface area contributed by atoms with Crippen LogP contribution in [-0.2, 0) is 0 Å². The molecule has 0 aliphatic heterocycles. The molecule has 0 amide bonds. The summed E-state index contributed by atoms with van der Waals surface area (Å²) in [5.41, 5.74) is 7.05. The molecule has 1 rings (SSSR count). The molecule has 0 saturated heterocycles. The summed E-state index contributed by atoms with van der Waals surface area (Å²) in [5.74, 6) is -0.351. The Morgan fingerprint density at radius 2 is 2.24 bits per heavy atom. The number of nitro benzene ring substituents is 1. The lowest BCUT2D eigenvalue weighted by atomic mass is 10.0. The Balaban J connectivity index is 0.00000256. The molecular weight excluding hydrogens is 244 g/mol. The Morgan fingerprint density at radius 3 is 2.71 bits per heavy atom. The molecule has 0 bridgehead atoms. The number of benzene rings is 1. The van der Waals surface area contributed by atoms with Gasteiger partial charge in [-0.25, -0.2) is 0 Å². The van der Waals surface area contributed by atoms with Gasteiger partial charge in [-0.1, -0.05) is 11.6 Å². The summed E-state index contributed by atoms with van der Waals surface area (Å²) in [7, 11) is 0. The number of phenols is 1. The van der Waals surface area contributed by atoms with Crippen molar-refractivity contribution < 1.29 is 10.0 Å². The SMILES string of the molecule is C=C(C)C[C@@H](N)c1ccc(O)c([N+](=O)[O-])c1.Cl. The summed E-state index contributed by atoms with van der Waals surface area (Å²) in [6.45, 7) is 5.57. The minimum atomic E-state index is -0.633. The Hall–Kier alpha value is -1.59. The maximum absolute atomic E-state index is 10.6. The van der Waals surface area contributed by atoms with Gasteiger partial charge in [0, 0.05) is 12.1 Å². The lowest BCUT2D eigenvalue weighted by Gasteiger charge is -2.11. The highest BCUT2D eigenvalue weighted by Crippen LogP contribution is 2.29. The van der Waals surface area contributed by atoms with E-state index in [1.807, 2.05) is 6.92 Å². The van der Waals surface area contributed by atoms with Crippen LogP contribution in [0.2, 0.25) is 0 Å². The first-order chi connectivity index (χ1) is 7.41. The fraction of sp³-hybridized carbons (Fsp3) is 0.273. The molecule has 0 unspecified atom stereocenters. The first kappa shape index (κ1) is 15.4. The van der Waals surface area contributed by atoms with Crippen molar-refractivity contribution in [3.8, 4) is 5.75 Å². The number of nitro groups is 1. The van der Waals surface area contributed by atoms with E-state index in [0.717, 1.165) is 5.57 Å². The van der Waals surface area contributed by atoms with E-state index < -0.39 is 4.92 Å². The fourth-order valence-corrected chi connectivity index (χ4v) is 1.41. The van der Waals surface area contributed by atoms with Crippen molar-refractivity contribution in [2.45, 2.75) is 19.4 Å². The van der Waals surface area contributed by atoms with E-state index in [9.17, 15) is 15.2 Å². The highest BCUT2D eigenvalue weighted by molar-refractivity contribution is 5.85. The van der Waals surface area contributed by atoms with Gasteiger partial charge in [-0.05, 0) is 25.0 Å². The van der Waals surface area contributed by atoms with Gasteiger partial charge in [0.15, 0.2) is 5.75 Å². The van der Waals surface area contributed by atoms with Gasteiger partial charge in [-0.2, -0.15) is 0 Å². The van der Waals surface area contributed by atoms with E-state index in [-0.39, 0.29) is 29.9 Å². The molecule has 0 heterocycles. The summed E-state index contributed by atoms with van der Waals surface area (Å²) in [6.07, 6.45) is 0.557. The second kappa shape index (κ2) is 6.22.